The van der Waals surface area contributed by atoms with Crippen molar-refractivity contribution in [3.63, 3.8) is 0 Å². The van der Waals surface area contributed by atoms with Gasteiger partial charge in [0.05, 0.1) is 13.1 Å². The van der Waals surface area contributed by atoms with E-state index in [0.29, 0.717) is 35.8 Å². The number of nitrogens with zero attached hydrogens (tertiary/aromatic N) is 3. The van der Waals surface area contributed by atoms with Gasteiger partial charge in [-0.1, -0.05) is 58.7 Å². The number of nitrogens with one attached hydrogen (secondary N) is 2. The lowest BCUT2D eigenvalue weighted by Gasteiger charge is -2.09. The van der Waals surface area contributed by atoms with Crippen LogP contribution in [0.25, 0.3) is 11.4 Å². The maximum atomic E-state index is 6.01. The van der Waals surface area contributed by atoms with Crippen molar-refractivity contribution in [1.29, 1.82) is 0 Å². The normalized spacial score (nSPS) is 11.0. The SMILES string of the molecule is CCNC(=NCc1cccc(C)c1)NCc1nc(-c2cccc(Cl)c2)no1.I. The first-order chi connectivity index (χ1) is 13.1. The molecule has 1 aromatic heterocycles. The Balaban J connectivity index is 0.00000280. The lowest BCUT2D eigenvalue weighted by atomic mass is 10.1. The van der Waals surface area contributed by atoms with E-state index in [9.17, 15) is 0 Å². The number of halogens is 2. The molecular formula is C20H23ClIN5O. The summed E-state index contributed by atoms with van der Waals surface area (Å²) in [6.07, 6.45) is 0. The van der Waals surface area contributed by atoms with Gasteiger partial charge in [-0.3, -0.25) is 0 Å². The molecule has 0 spiro atoms. The summed E-state index contributed by atoms with van der Waals surface area (Å²) >= 11 is 6.01. The van der Waals surface area contributed by atoms with E-state index < -0.39 is 0 Å². The molecule has 1 heterocycles. The van der Waals surface area contributed by atoms with Gasteiger partial charge in [0.1, 0.15) is 0 Å². The topological polar surface area (TPSA) is 75.3 Å². The highest BCUT2D eigenvalue weighted by atomic mass is 127. The number of guanidine groups is 1. The third-order valence-corrected chi connectivity index (χ3v) is 4.04. The minimum absolute atomic E-state index is 0. The molecule has 0 radical (unpaired) electrons. The van der Waals surface area contributed by atoms with E-state index in [1.807, 2.05) is 25.1 Å². The fourth-order valence-corrected chi connectivity index (χ4v) is 2.74. The fraction of sp³-hybridized carbons (Fsp3) is 0.250. The first-order valence-corrected chi connectivity index (χ1v) is 9.18. The monoisotopic (exact) mass is 511 g/mol. The van der Waals surface area contributed by atoms with Gasteiger partial charge >= 0.3 is 0 Å². The molecule has 0 atom stereocenters. The largest absolute Gasteiger partial charge is 0.357 e. The third-order valence-electron chi connectivity index (χ3n) is 3.80. The number of hydrogen-bond acceptors (Lipinski definition) is 4. The van der Waals surface area contributed by atoms with E-state index >= 15 is 0 Å². The van der Waals surface area contributed by atoms with E-state index in [4.69, 9.17) is 16.1 Å². The molecule has 0 saturated carbocycles. The van der Waals surface area contributed by atoms with Crippen LogP contribution in [-0.4, -0.2) is 22.6 Å². The van der Waals surface area contributed by atoms with Crippen LogP contribution in [0.1, 0.15) is 23.9 Å². The van der Waals surface area contributed by atoms with Crippen LogP contribution in [-0.2, 0) is 13.1 Å². The molecular weight excluding hydrogens is 489 g/mol. The van der Waals surface area contributed by atoms with Crippen LogP contribution in [0.15, 0.2) is 58.0 Å². The second-order valence-electron chi connectivity index (χ2n) is 6.06. The van der Waals surface area contributed by atoms with E-state index in [0.717, 1.165) is 17.7 Å². The minimum Gasteiger partial charge on any atom is -0.357 e. The standard InChI is InChI=1S/C20H22ClN5O.HI/c1-3-22-20(23-12-15-7-4-6-14(2)10-15)24-13-18-25-19(26-27-18)16-8-5-9-17(21)11-16;/h4-11H,3,12-13H2,1-2H3,(H2,22,23,24);1H. The quantitative estimate of drug-likeness (QED) is 0.288. The van der Waals surface area contributed by atoms with E-state index in [1.54, 1.807) is 12.1 Å². The Morgan fingerprint density at radius 1 is 1.14 bits per heavy atom. The molecule has 0 fully saturated rings. The number of aryl methyl sites for hydroxylation is 1. The molecule has 0 amide bonds. The number of aliphatic imine (C=N–C) groups is 1. The molecule has 0 unspecified atom stereocenters. The first kappa shape index (κ1) is 22.2. The third kappa shape index (κ3) is 6.49. The minimum atomic E-state index is 0. The summed E-state index contributed by atoms with van der Waals surface area (Å²) in [6, 6.07) is 15.7. The zero-order valence-corrected chi connectivity index (χ0v) is 18.9. The van der Waals surface area contributed by atoms with Crippen LogP contribution >= 0.6 is 35.6 Å². The van der Waals surface area contributed by atoms with Crippen molar-refractivity contribution in [2.75, 3.05) is 6.54 Å². The maximum Gasteiger partial charge on any atom is 0.246 e. The van der Waals surface area contributed by atoms with Gasteiger partial charge in [-0.25, -0.2) is 4.99 Å². The first-order valence-electron chi connectivity index (χ1n) is 8.80. The Kier molecular flexibility index (Phi) is 8.72. The van der Waals surface area contributed by atoms with Crippen molar-refractivity contribution in [1.82, 2.24) is 20.8 Å². The zero-order valence-electron chi connectivity index (χ0n) is 15.8. The van der Waals surface area contributed by atoms with Crippen molar-refractivity contribution < 1.29 is 4.52 Å². The summed E-state index contributed by atoms with van der Waals surface area (Å²) < 4.78 is 5.32. The molecule has 3 aromatic rings. The van der Waals surface area contributed by atoms with Crippen molar-refractivity contribution in [3.8, 4) is 11.4 Å². The van der Waals surface area contributed by atoms with Gasteiger partial charge < -0.3 is 15.2 Å². The molecule has 6 nitrogen and oxygen atoms in total. The van der Waals surface area contributed by atoms with Crippen LogP contribution < -0.4 is 10.6 Å². The molecule has 8 heteroatoms. The molecule has 3 rings (SSSR count). The molecule has 2 aromatic carbocycles. The Bertz CT molecular complexity index is 928. The molecule has 0 aliphatic heterocycles. The average Bonchev–Trinajstić information content (AvgIpc) is 3.13. The number of benzene rings is 2. The van der Waals surface area contributed by atoms with Crippen LogP contribution in [0.3, 0.4) is 0 Å². The predicted molar refractivity (Wildman–Crippen MR) is 123 cm³/mol. The van der Waals surface area contributed by atoms with Gasteiger partial charge in [0.15, 0.2) is 5.96 Å². The zero-order chi connectivity index (χ0) is 19.1. The second kappa shape index (κ2) is 11.0. The van der Waals surface area contributed by atoms with Crippen LogP contribution in [0, 0.1) is 6.92 Å². The summed E-state index contributed by atoms with van der Waals surface area (Å²) in [7, 11) is 0. The van der Waals surface area contributed by atoms with Gasteiger partial charge in [-0.05, 0) is 31.5 Å². The van der Waals surface area contributed by atoms with Gasteiger partial charge in [-0.2, -0.15) is 4.98 Å². The van der Waals surface area contributed by atoms with Crippen molar-refractivity contribution in [3.05, 3.63) is 70.6 Å². The highest BCUT2D eigenvalue weighted by Crippen LogP contribution is 2.19. The predicted octanol–water partition coefficient (Wildman–Crippen LogP) is 4.57. The summed E-state index contributed by atoms with van der Waals surface area (Å²) in [5.74, 6) is 1.68. The van der Waals surface area contributed by atoms with Crippen LogP contribution in [0.2, 0.25) is 5.02 Å². The molecule has 0 aliphatic rings. The van der Waals surface area contributed by atoms with E-state index in [2.05, 4.69) is 50.9 Å². The Morgan fingerprint density at radius 3 is 2.71 bits per heavy atom. The highest BCUT2D eigenvalue weighted by molar-refractivity contribution is 14.0. The molecule has 148 valence electrons. The maximum absolute atomic E-state index is 6.01. The fourth-order valence-electron chi connectivity index (χ4n) is 2.55. The van der Waals surface area contributed by atoms with Crippen molar-refractivity contribution in [2.45, 2.75) is 26.9 Å². The molecule has 28 heavy (non-hydrogen) atoms. The van der Waals surface area contributed by atoms with Crippen molar-refractivity contribution >= 4 is 41.5 Å². The highest BCUT2D eigenvalue weighted by Gasteiger charge is 2.09. The Labute approximate surface area is 186 Å². The summed E-state index contributed by atoms with van der Waals surface area (Å²) in [6.45, 7) is 5.83. The lowest BCUT2D eigenvalue weighted by Crippen LogP contribution is -2.36. The van der Waals surface area contributed by atoms with Gasteiger partial charge in [0.25, 0.3) is 0 Å². The Hall–Kier alpha value is -2.13. The van der Waals surface area contributed by atoms with Gasteiger partial charge in [0.2, 0.25) is 11.7 Å². The van der Waals surface area contributed by atoms with Gasteiger partial charge in [-0.15, -0.1) is 24.0 Å². The summed E-state index contributed by atoms with van der Waals surface area (Å²) in [5.41, 5.74) is 3.20. The number of hydrogen-bond donors (Lipinski definition) is 2. The molecule has 0 bridgehead atoms. The molecule has 2 N–H and O–H groups in total. The summed E-state index contributed by atoms with van der Waals surface area (Å²) in [4.78, 5) is 9.01. The molecule has 0 aliphatic carbocycles. The van der Waals surface area contributed by atoms with Gasteiger partial charge in [0, 0.05) is 17.1 Å². The second-order valence-corrected chi connectivity index (χ2v) is 6.50. The Morgan fingerprint density at radius 2 is 1.96 bits per heavy atom. The lowest BCUT2D eigenvalue weighted by molar-refractivity contribution is 0.375. The average molecular weight is 512 g/mol. The molecule has 0 saturated heterocycles. The smallest absolute Gasteiger partial charge is 0.246 e. The van der Waals surface area contributed by atoms with Crippen LogP contribution in [0.4, 0.5) is 0 Å². The number of aromatic nitrogens is 2. The van der Waals surface area contributed by atoms with Crippen LogP contribution in [0.5, 0.6) is 0 Å². The van der Waals surface area contributed by atoms with E-state index in [-0.39, 0.29) is 24.0 Å². The van der Waals surface area contributed by atoms with Crippen molar-refractivity contribution in [2.24, 2.45) is 4.99 Å². The van der Waals surface area contributed by atoms with E-state index in [1.165, 1.54) is 5.56 Å². The summed E-state index contributed by atoms with van der Waals surface area (Å²) in [5, 5.41) is 11.1. The number of rotatable bonds is 6.